The molecule has 1 aromatic rings. The number of nitrogens with one attached hydrogen (secondary N) is 1. The summed E-state index contributed by atoms with van der Waals surface area (Å²) in [5.41, 5.74) is 1.45. The fourth-order valence-corrected chi connectivity index (χ4v) is 6.34. The predicted octanol–water partition coefficient (Wildman–Crippen LogP) is 3.53. The molecule has 6 heteroatoms. The van der Waals surface area contributed by atoms with Gasteiger partial charge in [-0.25, -0.2) is 0 Å². The normalized spacial score (nSPS) is 33.9. The van der Waals surface area contributed by atoms with Crippen LogP contribution in [-0.4, -0.2) is 60.0 Å². The second-order valence-corrected chi connectivity index (χ2v) is 9.21. The van der Waals surface area contributed by atoms with Crippen molar-refractivity contribution in [3.63, 3.8) is 0 Å². The zero-order chi connectivity index (χ0) is 18.2. The molecule has 4 saturated heterocycles. The van der Waals surface area contributed by atoms with Gasteiger partial charge in [-0.1, -0.05) is 36.8 Å². The summed E-state index contributed by atoms with van der Waals surface area (Å²) in [6.07, 6.45) is 8.65. The Morgan fingerprint density at radius 2 is 1.79 bits per heavy atom. The number of rotatable bonds is 3. The second kappa shape index (κ2) is 10.00. The molecule has 2 bridgehead atoms. The van der Waals surface area contributed by atoms with Gasteiger partial charge >= 0.3 is 0 Å². The minimum atomic E-state index is 0. The quantitative estimate of drug-likeness (QED) is 0.781. The number of benzene rings is 1. The summed E-state index contributed by atoms with van der Waals surface area (Å²) >= 11 is 0. The standard InChI is InChI=1S/C23H33N3O.2ClH/c27-23(20-9-6-11-24-20)25-15-18-14-19(16-25)22(13-17-7-2-1-3-8-17)26-12-5-4-10-21(18)26;;/h1-3,7-8,18-22,24H,4-6,9-16H2;2*1H/t18-,19+,20+,21+,22+;;/m1../s1. The van der Waals surface area contributed by atoms with Gasteiger partial charge < -0.3 is 10.2 Å². The van der Waals surface area contributed by atoms with E-state index >= 15 is 0 Å². The van der Waals surface area contributed by atoms with E-state index in [1.165, 1.54) is 37.8 Å². The fourth-order valence-electron chi connectivity index (χ4n) is 6.34. The van der Waals surface area contributed by atoms with Crippen molar-refractivity contribution in [2.75, 3.05) is 26.2 Å². The summed E-state index contributed by atoms with van der Waals surface area (Å²) < 4.78 is 0. The molecule has 5 atom stereocenters. The number of nitrogens with zero attached hydrogens (tertiary/aromatic N) is 2. The average molecular weight is 440 g/mol. The van der Waals surface area contributed by atoms with Crippen LogP contribution in [0.25, 0.3) is 0 Å². The van der Waals surface area contributed by atoms with Crippen molar-refractivity contribution in [3.05, 3.63) is 35.9 Å². The van der Waals surface area contributed by atoms with E-state index in [-0.39, 0.29) is 30.9 Å². The molecule has 4 heterocycles. The Morgan fingerprint density at radius 1 is 1.00 bits per heavy atom. The Balaban J connectivity index is 0.00000120. The summed E-state index contributed by atoms with van der Waals surface area (Å²) in [7, 11) is 0. The van der Waals surface area contributed by atoms with E-state index in [1.807, 2.05) is 0 Å². The summed E-state index contributed by atoms with van der Waals surface area (Å²) in [5, 5.41) is 3.43. The van der Waals surface area contributed by atoms with E-state index in [1.54, 1.807) is 0 Å². The van der Waals surface area contributed by atoms with Gasteiger partial charge in [0.1, 0.15) is 0 Å². The minimum absolute atomic E-state index is 0. The third-order valence-electron chi connectivity index (χ3n) is 7.58. The molecule has 4 aliphatic rings. The monoisotopic (exact) mass is 439 g/mol. The van der Waals surface area contributed by atoms with Crippen molar-refractivity contribution in [1.29, 1.82) is 0 Å². The number of likely N-dealkylation sites (tertiary alicyclic amines) is 1. The number of carbonyl (C=O) groups is 1. The Morgan fingerprint density at radius 3 is 2.55 bits per heavy atom. The van der Waals surface area contributed by atoms with E-state index in [9.17, 15) is 4.79 Å². The fraction of sp³-hybridized carbons (Fsp3) is 0.696. The molecule has 1 amide bonds. The van der Waals surface area contributed by atoms with Crippen LogP contribution in [0, 0.1) is 11.8 Å². The lowest BCUT2D eigenvalue weighted by Crippen LogP contribution is -2.65. The molecular weight excluding hydrogens is 405 g/mol. The van der Waals surface area contributed by atoms with Gasteiger partial charge in [0.25, 0.3) is 0 Å². The molecule has 1 aromatic carbocycles. The molecular formula is C23H35Cl2N3O. The first-order chi connectivity index (χ1) is 13.3. The van der Waals surface area contributed by atoms with E-state index in [0.29, 0.717) is 29.8 Å². The maximum absolute atomic E-state index is 13.1. The molecule has 5 rings (SSSR count). The van der Waals surface area contributed by atoms with Crippen LogP contribution in [0.3, 0.4) is 0 Å². The van der Waals surface area contributed by atoms with Crippen LogP contribution in [-0.2, 0) is 11.2 Å². The van der Waals surface area contributed by atoms with Gasteiger partial charge in [0, 0.05) is 25.2 Å². The van der Waals surface area contributed by atoms with Crippen LogP contribution >= 0.6 is 24.8 Å². The van der Waals surface area contributed by atoms with Gasteiger partial charge in [-0.05, 0) is 69.0 Å². The molecule has 0 aromatic heterocycles. The van der Waals surface area contributed by atoms with E-state index in [0.717, 1.165) is 38.9 Å². The van der Waals surface area contributed by atoms with Crippen molar-refractivity contribution in [2.24, 2.45) is 11.8 Å². The van der Waals surface area contributed by atoms with Crippen molar-refractivity contribution >= 4 is 30.7 Å². The smallest absolute Gasteiger partial charge is 0.239 e. The summed E-state index contributed by atoms with van der Waals surface area (Å²) in [6, 6.07) is 12.4. The average Bonchev–Trinajstić information content (AvgIpc) is 3.26. The number of halogens is 2. The van der Waals surface area contributed by atoms with Crippen molar-refractivity contribution in [3.8, 4) is 0 Å². The number of fused-ring (bicyclic) bond motifs is 4. The molecule has 29 heavy (non-hydrogen) atoms. The lowest BCUT2D eigenvalue weighted by Gasteiger charge is -2.57. The van der Waals surface area contributed by atoms with Crippen LogP contribution in [0.5, 0.6) is 0 Å². The van der Waals surface area contributed by atoms with Crippen LogP contribution < -0.4 is 5.32 Å². The van der Waals surface area contributed by atoms with E-state index in [2.05, 4.69) is 45.4 Å². The molecule has 0 saturated carbocycles. The maximum Gasteiger partial charge on any atom is 0.239 e. The summed E-state index contributed by atoms with van der Waals surface area (Å²) in [6.45, 7) is 4.22. The zero-order valence-corrected chi connectivity index (χ0v) is 18.8. The lowest BCUT2D eigenvalue weighted by molar-refractivity contribution is -0.142. The Bertz CT molecular complexity index is 667. The SMILES string of the molecule is Cl.Cl.O=C([C@@H]1CCCN1)N1C[C@H]2C[C@@H](C1)[C@H](Cc1ccccc1)N1CCCC[C@@H]21. The highest BCUT2D eigenvalue weighted by atomic mass is 35.5. The third-order valence-corrected chi connectivity index (χ3v) is 7.58. The molecule has 0 spiro atoms. The largest absolute Gasteiger partial charge is 0.341 e. The second-order valence-electron chi connectivity index (χ2n) is 9.21. The van der Waals surface area contributed by atoms with Gasteiger partial charge in [0.15, 0.2) is 0 Å². The number of amides is 1. The van der Waals surface area contributed by atoms with E-state index < -0.39 is 0 Å². The van der Waals surface area contributed by atoms with Crippen LogP contribution in [0.1, 0.15) is 44.1 Å². The Hall–Kier alpha value is -0.810. The van der Waals surface area contributed by atoms with Gasteiger partial charge in [0.05, 0.1) is 6.04 Å². The van der Waals surface area contributed by atoms with Gasteiger partial charge in [0.2, 0.25) is 5.91 Å². The first-order valence-electron chi connectivity index (χ1n) is 11.1. The van der Waals surface area contributed by atoms with Crippen molar-refractivity contribution < 1.29 is 4.79 Å². The minimum Gasteiger partial charge on any atom is -0.341 e. The zero-order valence-electron chi connectivity index (χ0n) is 17.2. The first-order valence-corrected chi connectivity index (χ1v) is 11.1. The predicted molar refractivity (Wildman–Crippen MR) is 122 cm³/mol. The molecule has 162 valence electrons. The highest BCUT2D eigenvalue weighted by molar-refractivity contribution is 5.85. The molecule has 0 aliphatic carbocycles. The topological polar surface area (TPSA) is 35.6 Å². The van der Waals surface area contributed by atoms with Crippen molar-refractivity contribution in [1.82, 2.24) is 15.1 Å². The number of hydrogen-bond donors (Lipinski definition) is 1. The maximum atomic E-state index is 13.1. The third kappa shape index (κ3) is 4.61. The summed E-state index contributed by atoms with van der Waals surface area (Å²) in [4.78, 5) is 18.2. The molecule has 0 unspecified atom stereocenters. The Kier molecular flexibility index (Phi) is 7.88. The van der Waals surface area contributed by atoms with Gasteiger partial charge in [-0.3, -0.25) is 9.69 Å². The van der Waals surface area contributed by atoms with Crippen molar-refractivity contribution in [2.45, 2.75) is 63.1 Å². The molecule has 1 N–H and O–H groups in total. The highest BCUT2D eigenvalue weighted by Crippen LogP contribution is 2.42. The molecule has 4 fully saturated rings. The molecule has 4 aliphatic heterocycles. The first kappa shape index (κ1) is 22.9. The number of hydrogen-bond acceptors (Lipinski definition) is 3. The number of piperidine rings is 3. The molecule has 0 radical (unpaired) electrons. The van der Waals surface area contributed by atoms with Crippen LogP contribution in [0.15, 0.2) is 30.3 Å². The van der Waals surface area contributed by atoms with Crippen LogP contribution in [0.2, 0.25) is 0 Å². The summed E-state index contributed by atoms with van der Waals surface area (Å²) in [5.74, 6) is 1.69. The Labute approximate surface area is 187 Å². The number of carbonyl (C=O) groups excluding carboxylic acids is 1. The molecule has 4 nitrogen and oxygen atoms in total. The van der Waals surface area contributed by atoms with Gasteiger partial charge in [-0.2, -0.15) is 0 Å². The van der Waals surface area contributed by atoms with E-state index in [4.69, 9.17) is 0 Å². The van der Waals surface area contributed by atoms with Crippen LogP contribution in [0.4, 0.5) is 0 Å². The van der Waals surface area contributed by atoms with Gasteiger partial charge in [-0.15, -0.1) is 24.8 Å². The highest BCUT2D eigenvalue weighted by Gasteiger charge is 2.48. The lowest BCUT2D eigenvalue weighted by atomic mass is 9.71.